The van der Waals surface area contributed by atoms with Gasteiger partial charge >= 0.3 is 5.97 Å². The number of ketones is 1. The van der Waals surface area contributed by atoms with Crippen LogP contribution in [0.15, 0.2) is 24.3 Å². The SMILES string of the molecule is CCOC(=O)c1c(NC(=O)CCCOc2ccc(C(C)C)cc2)sc(C(C)=O)c1C. The molecule has 1 amide bonds. The highest BCUT2D eigenvalue weighted by Gasteiger charge is 2.25. The number of anilines is 1. The second-order valence-corrected chi connectivity index (χ2v) is 8.28. The summed E-state index contributed by atoms with van der Waals surface area (Å²) in [4.78, 5) is 36.9. The van der Waals surface area contributed by atoms with E-state index in [2.05, 4.69) is 19.2 Å². The van der Waals surface area contributed by atoms with Crippen molar-refractivity contribution in [1.82, 2.24) is 0 Å². The van der Waals surface area contributed by atoms with Gasteiger partial charge in [0.05, 0.1) is 23.7 Å². The Bertz CT molecular complexity index is 899. The number of thiophene rings is 1. The van der Waals surface area contributed by atoms with Crippen molar-refractivity contribution in [2.45, 2.75) is 53.4 Å². The number of esters is 1. The molecule has 1 aromatic heterocycles. The summed E-state index contributed by atoms with van der Waals surface area (Å²) in [6.07, 6.45) is 0.759. The average Bonchev–Trinajstić information content (AvgIpc) is 3.02. The van der Waals surface area contributed by atoms with Crippen LogP contribution in [0.3, 0.4) is 0 Å². The molecule has 162 valence electrons. The maximum atomic E-state index is 12.4. The Balaban J connectivity index is 1.93. The number of carbonyl (C=O) groups is 3. The van der Waals surface area contributed by atoms with Crippen molar-refractivity contribution >= 4 is 34.0 Å². The highest BCUT2D eigenvalue weighted by Crippen LogP contribution is 2.34. The van der Waals surface area contributed by atoms with E-state index >= 15 is 0 Å². The molecule has 0 spiro atoms. The van der Waals surface area contributed by atoms with Crippen LogP contribution in [0.25, 0.3) is 0 Å². The van der Waals surface area contributed by atoms with Crippen LogP contribution in [0.4, 0.5) is 5.00 Å². The second kappa shape index (κ2) is 10.9. The molecule has 0 aliphatic carbocycles. The molecule has 0 unspecified atom stereocenters. The Morgan fingerprint density at radius 2 is 1.80 bits per heavy atom. The lowest BCUT2D eigenvalue weighted by Crippen LogP contribution is -2.15. The maximum Gasteiger partial charge on any atom is 0.341 e. The van der Waals surface area contributed by atoms with Crippen LogP contribution in [-0.4, -0.2) is 30.9 Å². The number of hydrogen-bond acceptors (Lipinski definition) is 6. The van der Waals surface area contributed by atoms with Gasteiger partial charge in [-0.25, -0.2) is 4.79 Å². The van der Waals surface area contributed by atoms with Crippen LogP contribution >= 0.6 is 11.3 Å². The van der Waals surface area contributed by atoms with E-state index in [1.54, 1.807) is 13.8 Å². The predicted molar refractivity (Wildman–Crippen MR) is 119 cm³/mol. The smallest absolute Gasteiger partial charge is 0.341 e. The van der Waals surface area contributed by atoms with Gasteiger partial charge in [-0.05, 0) is 56.4 Å². The molecule has 1 heterocycles. The van der Waals surface area contributed by atoms with Gasteiger partial charge in [-0.3, -0.25) is 9.59 Å². The maximum absolute atomic E-state index is 12.4. The lowest BCUT2D eigenvalue weighted by Gasteiger charge is -2.09. The molecular formula is C23H29NO5S. The standard InChI is InChI=1S/C23H29NO5S/c1-6-28-23(27)20-15(4)21(16(5)25)30-22(20)24-19(26)8-7-13-29-18-11-9-17(10-12-18)14(2)3/h9-12,14H,6-8,13H2,1-5H3,(H,24,26). The summed E-state index contributed by atoms with van der Waals surface area (Å²) in [5.41, 5.74) is 2.03. The van der Waals surface area contributed by atoms with Crippen LogP contribution in [0.2, 0.25) is 0 Å². The molecule has 0 saturated carbocycles. The zero-order valence-electron chi connectivity index (χ0n) is 18.2. The van der Waals surface area contributed by atoms with E-state index in [0.717, 1.165) is 17.1 Å². The molecule has 30 heavy (non-hydrogen) atoms. The van der Waals surface area contributed by atoms with Crippen molar-refractivity contribution in [1.29, 1.82) is 0 Å². The number of Topliss-reactive ketones (excluding diaryl/α,β-unsaturated/α-hetero) is 1. The van der Waals surface area contributed by atoms with Gasteiger partial charge in [-0.15, -0.1) is 11.3 Å². The van der Waals surface area contributed by atoms with E-state index < -0.39 is 5.97 Å². The van der Waals surface area contributed by atoms with Gasteiger partial charge in [-0.1, -0.05) is 26.0 Å². The molecule has 0 saturated heterocycles. The number of nitrogens with one attached hydrogen (secondary N) is 1. The largest absolute Gasteiger partial charge is 0.494 e. The van der Waals surface area contributed by atoms with Crippen molar-refractivity contribution in [2.24, 2.45) is 0 Å². The zero-order chi connectivity index (χ0) is 22.3. The summed E-state index contributed by atoms with van der Waals surface area (Å²) in [6, 6.07) is 7.93. The average molecular weight is 432 g/mol. The second-order valence-electron chi connectivity index (χ2n) is 7.26. The summed E-state index contributed by atoms with van der Waals surface area (Å²) in [5, 5.41) is 3.11. The van der Waals surface area contributed by atoms with Gasteiger partial charge in [0.15, 0.2) is 5.78 Å². The topological polar surface area (TPSA) is 81.7 Å². The van der Waals surface area contributed by atoms with Crippen LogP contribution in [-0.2, 0) is 9.53 Å². The molecule has 0 atom stereocenters. The van der Waals surface area contributed by atoms with Crippen molar-refractivity contribution in [3.63, 3.8) is 0 Å². The van der Waals surface area contributed by atoms with Gasteiger partial charge in [0.25, 0.3) is 0 Å². The van der Waals surface area contributed by atoms with E-state index in [1.807, 2.05) is 24.3 Å². The van der Waals surface area contributed by atoms with Gasteiger partial charge in [0.2, 0.25) is 5.91 Å². The Morgan fingerprint density at radius 1 is 1.13 bits per heavy atom. The van der Waals surface area contributed by atoms with Crippen molar-refractivity contribution in [3.05, 3.63) is 45.8 Å². The molecule has 0 fully saturated rings. The summed E-state index contributed by atoms with van der Waals surface area (Å²) < 4.78 is 10.8. The van der Waals surface area contributed by atoms with Crippen LogP contribution in [0, 0.1) is 6.92 Å². The molecule has 0 radical (unpaired) electrons. The molecule has 0 aliphatic rings. The summed E-state index contributed by atoms with van der Waals surface area (Å²) in [7, 11) is 0. The normalized spacial score (nSPS) is 10.7. The molecular weight excluding hydrogens is 402 g/mol. The Labute approximate surface area is 181 Å². The van der Waals surface area contributed by atoms with Crippen molar-refractivity contribution in [3.8, 4) is 5.75 Å². The number of amides is 1. The number of carbonyl (C=O) groups excluding carboxylic acids is 3. The monoisotopic (exact) mass is 431 g/mol. The van der Waals surface area contributed by atoms with E-state index in [0.29, 0.717) is 34.4 Å². The molecule has 1 N–H and O–H groups in total. The lowest BCUT2D eigenvalue weighted by atomic mass is 10.0. The number of ether oxygens (including phenoxy) is 2. The number of hydrogen-bond donors (Lipinski definition) is 1. The third-order valence-corrected chi connectivity index (χ3v) is 5.87. The van der Waals surface area contributed by atoms with Crippen molar-refractivity contribution < 1.29 is 23.9 Å². The van der Waals surface area contributed by atoms with Crippen LogP contribution < -0.4 is 10.1 Å². The van der Waals surface area contributed by atoms with E-state index in [4.69, 9.17) is 9.47 Å². The Kier molecular flexibility index (Phi) is 8.59. The summed E-state index contributed by atoms with van der Waals surface area (Å²) >= 11 is 1.10. The van der Waals surface area contributed by atoms with Gasteiger partial charge < -0.3 is 14.8 Å². The van der Waals surface area contributed by atoms with Gasteiger partial charge in [0.1, 0.15) is 10.8 Å². The highest BCUT2D eigenvalue weighted by molar-refractivity contribution is 7.18. The number of rotatable bonds is 10. The molecule has 7 heteroatoms. The minimum Gasteiger partial charge on any atom is -0.494 e. The van der Waals surface area contributed by atoms with E-state index in [-0.39, 0.29) is 30.3 Å². The van der Waals surface area contributed by atoms with E-state index in [1.165, 1.54) is 12.5 Å². The first-order valence-corrected chi connectivity index (χ1v) is 10.9. The Morgan fingerprint density at radius 3 is 2.37 bits per heavy atom. The molecule has 0 aliphatic heterocycles. The predicted octanol–water partition coefficient (Wildman–Crippen LogP) is 5.36. The lowest BCUT2D eigenvalue weighted by molar-refractivity contribution is -0.116. The first-order valence-electron chi connectivity index (χ1n) is 10.1. The van der Waals surface area contributed by atoms with Crippen molar-refractivity contribution in [2.75, 3.05) is 18.5 Å². The van der Waals surface area contributed by atoms with E-state index in [9.17, 15) is 14.4 Å². The van der Waals surface area contributed by atoms with Gasteiger partial charge in [0, 0.05) is 6.42 Å². The third-order valence-electron chi connectivity index (χ3n) is 4.56. The fraction of sp³-hybridized carbons (Fsp3) is 0.435. The Hall–Kier alpha value is -2.67. The molecule has 0 bridgehead atoms. The zero-order valence-corrected chi connectivity index (χ0v) is 19.0. The summed E-state index contributed by atoms with van der Waals surface area (Å²) in [6.45, 7) is 9.72. The molecule has 2 aromatic rings. The van der Waals surface area contributed by atoms with Crippen LogP contribution in [0.5, 0.6) is 5.75 Å². The molecule has 6 nitrogen and oxygen atoms in total. The molecule has 1 aromatic carbocycles. The molecule has 2 rings (SSSR count). The van der Waals surface area contributed by atoms with Crippen LogP contribution in [0.1, 0.15) is 77.6 Å². The minimum atomic E-state index is -0.540. The quantitative estimate of drug-likeness (QED) is 0.311. The third kappa shape index (κ3) is 6.16. The first kappa shape index (κ1) is 23.6. The minimum absolute atomic E-state index is 0.152. The van der Waals surface area contributed by atoms with Gasteiger partial charge in [-0.2, -0.15) is 0 Å². The fourth-order valence-corrected chi connectivity index (χ4v) is 4.05. The fourth-order valence-electron chi connectivity index (χ4n) is 2.95. The summed E-state index contributed by atoms with van der Waals surface area (Å²) in [5.74, 6) is 0.300. The number of benzene rings is 1. The first-order chi connectivity index (χ1) is 14.2. The highest BCUT2D eigenvalue weighted by atomic mass is 32.1.